The lowest BCUT2D eigenvalue weighted by atomic mass is 10.0. The van der Waals surface area contributed by atoms with Gasteiger partial charge in [-0.15, -0.1) is 0 Å². The minimum atomic E-state index is -0.355. The monoisotopic (exact) mass is 272 g/mol. The van der Waals surface area contributed by atoms with Crippen LogP contribution in [0.3, 0.4) is 0 Å². The molecule has 0 heterocycles. The number of benzene rings is 2. The van der Waals surface area contributed by atoms with Crippen molar-refractivity contribution in [3.05, 3.63) is 65.0 Å². The summed E-state index contributed by atoms with van der Waals surface area (Å²) in [5.74, 6) is 0.0631. The van der Waals surface area contributed by atoms with Crippen molar-refractivity contribution in [3.63, 3.8) is 0 Å². The lowest BCUT2D eigenvalue weighted by Crippen LogP contribution is -2.08. The Morgan fingerprint density at radius 1 is 1.20 bits per heavy atom. The highest BCUT2D eigenvalue weighted by molar-refractivity contribution is 6.00. The van der Waals surface area contributed by atoms with Gasteiger partial charge in [0.25, 0.3) is 0 Å². The summed E-state index contributed by atoms with van der Waals surface area (Å²) in [5, 5.41) is 0. The van der Waals surface area contributed by atoms with Crippen LogP contribution in [0.1, 0.15) is 28.4 Å². The van der Waals surface area contributed by atoms with Gasteiger partial charge in [-0.2, -0.15) is 0 Å². The maximum absolute atomic E-state index is 13.6. The van der Waals surface area contributed by atoms with Crippen molar-refractivity contribution in [2.75, 3.05) is 6.61 Å². The summed E-state index contributed by atoms with van der Waals surface area (Å²) in [6.07, 6.45) is 0.0379. The van der Waals surface area contributed by atoms with Gasteiger partial charge in [0.1, 0.15) is 11.6 Å². The summed E-state index contributed by atoms with van der Waals surface area (Å²) < 4.78 is 19.1. The zero-order valence-electron chi connectivity index (χ0n) is 11.7. The summed E-state index contributed by atoms with van der Waals surface area (Å²) in [7, 11) is 0. The molecule has 0 unspecified atom stereocenters. The molecule has 2 aromatic carbocycles. The van der Waals surface area contributed by atoms with Gasteiger partial charge in [0.15, 0.2) is 5.78 Å². The van der Waals surface area contributed by atoms with E-state index in [1.54, 1.807) is 30.3 Å². The molecule has 0 saturated carbocycles. The highest BCUT2D eigenvalue weighted by atomic mass is 19.1. The van der Waals surface area contributed by atoms with Crippen molar-refractivity contribution in [1.82, 2.24) is 0 Å². The number of hydrogen-bond acceptors (Lipinski definition) is 2. The van der Waals surface area contributed by atoms with Crippen LogP contribution in [0.4, 0.5) is 4.39 Å². The molecule has 2 rings (SSSR count). The normalized spacial score (nSPS) is 10.3. The molecular formula is C17H17FO2. The molecule has 0 N–H and O–H groups in total. The van der Waals surface area contributed by atoms with Gasteiger partial charge >= 0.3 is 0 Å². The highest BCUT2D eigenvalue weighted by Crippen LogP contribution is 2.22. The number of ether oxygens (including phenoxy) is 1. The van der Waals surface area contributed by atoms with Crippen molar-refractivity contribution in [2.45, 2.75) is 20.3 Å². The Kier molecular flexibility index (Phi) is 4.51. The van der Waals surface area contributed by atoms with Crippen LogP contribution in [0.25, 0.3) is 0 Å². The van der Waals surface area contributed by atoms with E-state index >= 15 is 0 Å². The van der Waals surface area contributed by atoms with E-state index in [-0.39, 0.29) is 18.0 Å². The molecule has 0 saturated heterocycles. The molecule has 0 radical (unpaired) electrons. The van der Waals surface area contributed by atoms with Gasteiger partial charge < -0.3 is 4.74 Å². The predicted octanol–water partition coefficient (Wildman–Crippen LogP) is 3.96. The molecule has 20 heavy (non-hydrogen) atoms. The summed E-state index contributed by atoms with van der Waals surface area (Å²) in [4.78, 5) is 12.4. The molecule has 0 aliphatic heterocycles. The zero-order valence-corrected chi connectivity index (χ0v) is 11.7. The van der Waals surface area contributed by atoms with Crippen molar-refractivity contribution in [3.8, 4) is 5.75 Å². The van der Waals surface area contributed by atoms with Gasteiger partial charge in [0.2, 0.25) is 0 Å². The third kappa shape index (κ3) is 3.23. The number of carbonyl (C=O) groups excluding carboxylic acids is 1. The first kappa shape index (κ1) is 14.3. The molecule has 2 nitrogen and oxygen atoms in total. The fourth-order valence-electron chi connectivity index (χ4n) is 2.05. The van der Waals surface area contributed by atoms with Crippen molar-refractivity contribution in [2.24, 2.45) is 0 Å². The second-order valence-corrected chi connectivity index (χ2v) is 4.62. The van der Waals surface area contributed by atoms with Crippen LogP contribution in [-0.4, -0.2) is 12.4 Å². The van der Waals surface area contributed by atoms with Gasteiger partial charge in [0.05, 0.1) is 12.2 Å². The van der Waals surface area contributed by atoms with E-state index in [1.807, 2.05) is 19.9 Å². The van der Waals surface area contributed by atoms with E-state index in [0.29, 0.717) is 23.5 Å². The van der Waals surface area contributed by atoms with Crippen molar-refractivity contribution < 1.29 is 13.9 Å². The predicted molar refractivity (Wildman–Crippen MR) is 76.8 cm³/mol. The van der Waals surface area contributed by atoms with Crippen LogP contribution < -0.4 is 4.74 Å². The fourth-order valence-corrected chi connectivity index (χ4v) is 2.05. The van der Waals surface area contributed by atoms with Crippen LogP contribution in [0, 0.1) is 12.7 Å². The van der Waals surface area contributed by atoms with Gasteiger partial charge in [-0.05, 0) is 37.6 Å². The van der Waals surface area contributed by atoms with E-state index in [9.17, 15) is 9.18 Å². The Morgan fingerprint density at radius 3 is 2.65 bits per heavy atom. The van der Waals surface area contributed by atoms with E-state index in [2.05, 4.69) is 0 Å². The van der Waals surface area contributed by atoms with E-state index in [1.165, 1.54) is 6.07 Å². The Labute approximate surface area is 118 Å². The van der Waals surface area contributed by atoms with Gasteiger partial charge in [-0.3, -0.25) is 4.79 Å². The second kappa shape index (κ2) is 6.33. The minimum Gasteiger partial charge on any atom is -0.493 e. The first-order chi connectivity index (χ1) is 9.61. The maximum atomic E-state index is 13.6. The molecule has 0 aromatic heterocycles. The zero-order chi connectivity index (χ0) is 14.5. The SMILES string of the molecule is CCOc1ccc(C)cc1C(=O)Cc1ccccc1F. The number of halogens is 1. The van der Waals surface area contributed by atoms with Gasteiger partial charge in [0, 0.05) is 6.42 Å². The third-order valence-corrected chi connectivity index (χ3v) is 3.04. The second-order valence-electron chi connectivity index (χ2n) is 4.62. The summed E-state index contributed by atoms with van der Waals surface area (Å²) in [6, 6.07) is 11.8. The van der Waals surface area contributed by atoms with E-state index < -0.39 is 0 Å². The average molecular weight is 272 g/mol. The molecule has 0 amide bonds. The molecule has 0 spiro atoms. The molecule has 0 aliphatic rings. The standard InChI is InChI=1S/C17H17FO2/c1-3-20-17-9-8-12(2)10-14(17)16(19)11-13-6-4-5-7-15(13)18/h4-10H,3,11H2,1-2H3. The van der Waals surface area contributed by atoms with Crippen LogP contribution >= 0.6 is 0 Å². The Morgan fingerprint density at radius 2 is 1.95 bits per heavy atom. The molecular weight excluding hydrogens is 255 g/mol. The Balaban J connectivity index is 2.29. The van der Waals surface area contributed by atoms with Gasteiger partial charge in [-0.1, -0.05) is 29.8 Å². The Hall–Kier alpha value is -2.16. The number of aryl methyl sites for hydroxylation is 1. The van der Waals surface area contributed by atoms with Crippen molar-refractivity contribution in [1.29, 1.82) is 0 Å². The van der Waals surface area contributed by atoms with Crippen LogP contribution in [-0.2, 0) is 6.42 Å². The molecule has 3 heteroatoms. The number of ketones is 1. The molecule has 0 atom stereocenters. The van der Waals surface area contributed by atoms with Crippen LogP contribution in [0.5, 0.6) is 5.75 Å². The number of carbonyl (C=O) groups is 1. The number of hydrogen-bond donors (Lipinski definition) is 0. The minimum absolute atomic E-state index is 0.0379. The topological polar surface area (TPSA) is 26.3 Å². The van der Waals surface area contributed by atoms with Crippen molar-refractivity contribution >= 4 is 5.78 Å². The lowest BCUT2D eigenvalue weighted by Gasteiger charge is -2.10. The molecule has 2 aromatic rings. The maximum Gasteiger partial charge on any atom is 0.171 e. The summed E-state index contributed by atoms with van der Waals surface area (Å²) >= 11 is 0. The molecule has 0 bridgehead atoms. The van der Waals surface area contributed by atoms with Crippen LogP contribution in [0.2, 0.25) is 0 Å². The first-order valence-electron chi connectivity index (χ1n) is 6.62. The number of rotatable bonds is 5. The molecule has 0 aliphatic carbocycles. The summed E-state index contributed by atoms with van der Waals surface area (Å²) in [6.45, 7) is 4.27. The summed E-state index contributed by atoms with van der Waals surface area (Å²) in [5.41, 5.74) is 1.89. The average Bonchev–Trinajstić information content (AvgIpc) is 2.43. The Bertz CT molecular complexity index is 620. The molecule has 104 valence electrons. The smallest absolute Gasteiger partial charge is 0.171 e. The quantitative estimate of drug-likeness (QED) is 0.770. The number of Topliss-reactive ketones (excluding diaryl/α,β-unsaturated/α-hetero) is 1. The van der Waals surface area contributed by atoms with E-state index in [4.69, 9.17) is 4.74 Å². The highest BCUT2D eigenvalue weighted by Gasteiger charge is 2.15. The lowest BCUT2D eigenvalue weighted by molar-refractivity contribution is 0.0988. The van der Waals surface area contributed by atoms with E-state index in [0.717, 1.165) is 5.56 Å². The third-order valence-electron chi connectivity index (χ3n) is 3.04. The first-order valence-corrected chi connectivity index (χ1v) is 6.62. The van der Waals surface area contributed by atoms with Gasteiger partial charge in [-0.25, -0.2) is 4.39 Å². The van der Waals surface area contributed by atoms with Crippen LogP contribution in [0.15, 0.2) is 42.5 Å². The largest absolute Gasteiger partial charge is 0.493 e. The molecule has 0 fully saturated rings. The fraction of sp³-hybridized carbons (Fsp3) is 0.235.